The molecule has 0 aromatic heterocycles. The minimum Gasteiger partial charge on any atom is -0.334 e. The van der Waals surface area contributed by atoms with Crippen LogP contribution < -0.4 is 14.6 Å². The molecule has 24 heavy (non-hydrogen) atoms. The Morgan fingerprint density at radius 2 is 1.21 bits per heavy atom. The second-order valence-corrected chi connectivity index (χ2v) is 16.6. The van der Waals surface area contributed by atoms with Crippen molar-refractivity contribution in [1.29, 1.82) is 0 Å². The van der Waals surface area contributed by atoms with Crippen molar-refractivity contribution in [2.75, 3.05) is 13.1 Å². The van der Waals surface area contributed by atoms with Crippen molar-refractivity contribution in [3.8, 4) is 0 Å². The number of unbranched alkanes of at least 4 members (excludes halogenated alkanes) is 2. The lowest BCUT2D eigenvalue weighted by Crippen LogP contribution is -2.80. The summed E-state index contributed by atoms with van der Waals surface area (Å²) in [6.07, 6.45) is 10.9. The summed E-state index contributed by atoms with van der Waals surface area (Å²) in [5.41, 5.74) is 0.878. The zero-order valence-electron chi connectivity index (χ0n) is 17.3. The normalized spacial score (nSPS) is 16.9. The van der Waals surface area contributed by atoms with Gasteiger partial charge in [0.25, 0.3) is 8.56 Å². The van der Waals surface area contributed by atoms with Gasteiger partial charge in [0.2, 0.25) is 0 Å². The van der Waals surface area contributed by atoms with E-state index in [2.05, 4.69) is 49.2 Å². The highest BCUT2D eigenvalue weighted by molar-refractivity contribution is 6.91. The lowest BCUT2D eigenvalue weighted by molar-refractivity contribution is 0.647. The van der Waals surface area contributed by atoms with E-state index in [9.17, 15) is 0 Å². The van der Waals surface area contributed by atoms with Crippen molar-refractivity contribution in [2.24, 2.45) is 0 Å². The molecule has 5 heteroatoms. The molecule has 144 valence electrons. The summed E-state index contributed by atoms with van der Waals surface area (Å²) in [6.45, 7) is 14.3. The average Bonchev–Trinajstić information content (AvgIpc) is 3.15. The smallest absolute Gasteiger partial charge is 0.277 e. The van der Waals surface area contributed by atoms with E-state index in [1.54, 1.807) is 0 Å². The fraction of sp³-hybridized carbons (Fsp3) is 1.00. The van der Waals surface area contributed by atoms with Crippen molar-refractivity contribution in [3.05, 3.63) is 0 Å². The van der Waals surface area contributed by atoms with E-state index in [0.29, 0.717) is 0 Å². The number of hydrogen-bond donors (Lipinski definition) is 3. The molecule has 0 amide bonds. The molecule has 1 aliphatic rings. The Labute approximate surface area is 154 Å². The van der Waals surface area contributed by atoms with E-state index in [1.807, 2.05) is 0 Å². The van der Waals surface area contributed by atoms with Crippen molar-refractivity contribution in [1.82, 2.24) is 14.6 Å². The molecule has 3 N–H and O–H groups in total. The third-order valence-corrected chi connectivity index (χ3v) is 17.5. The summed E-state index contributed by atoms with van der Waals surface area (Å²) in [7, 11) is -3.18. The standard InChI is InChI=1S/C19H45N3Si2/c1-6-11-17-20-24(21-18-12-7-2,19-15-13-14-16-19)22-23(8-3,9-4)10-5/h19-22H,6-18H2,1-5H3. The molecule has 0 unspecified atom stereocenters. The fourth-order valence-electron chi connectivity index (χ4n) is 4.26. The Morgan fingerprint density at radius 3 is 1.58 bits per heavy atom. The van der Waals surface area contributed by atoms with Crippen molar-refractivity contribution < 1.29 is 0 Å². The molecule has 3 nitrogen and oxygen atoms in total. The second-order valence-electron chi connectivity index (χ2n) is 7.82. The second kappa shape index (κ2) is 11.8. The van der Waals surface area contributed by atoms with Gasteiger partial charge in [0.15, 0.2) is 0 Å². The molecule has 1 saturated carbocycles. The van der Waals surface area contributed by atoms with Crippen LogP contribution in [0.4, 0.5) is 0 Å². The number of hydrogen-bond acceptors (Lipinski definition) is 3. The van der Waals surface area contributed by atoms with Crippen molar-refractivity contribution in [2.45, 2.75) is 110 Å². The Bertz CT molecular complexity index is 297. The molecule has 0 aromatic carbocycles. The van der Waals surface area contributed by atoms with Crippen LogP contribution in [0.15, 0.2) is 0 Å². The SMILES string of the molecule is CCCCN[Si](NCCCC)(N[Si](CC)(CC)CC)C1CCCC1. The predicted molar refractivity (Wildman–Crippen MR) is 114 cm³/mol. The Morgan fingerprint density at radius 1 is 0.750 bits per heavy atom. The van der Waals surface area contributed by atoms with Crippen molar-refractivity contribution >= 4 is 16.8 Å². The molecular formula is C19H45N3Si2. The maximum Gasteiger partial charge on any atom is 0.277 e. The van der Waals surface area contributed by atoms with Gasteiger partial charge < -0.3 is 14.6 Å². The molecule has 0 bridgehead atoms. The lowest BCUT2D eigenvalue weighted by Gasteiger charge is -2.46. The summed E-state index contributed by atoms with van der Waals surface area (Å²) in [6, 6.07) is 4.10. The molecule has 1 rings (SSSR count). The first-order valence-corrected chi connectivity index (χ1v) is 15.6. The lowest BCUT2D eigenvalue weighted by atomic mass is 10.3. The first-order valence-electron chi connectivity index (χ1n) is 10.9. The summed E-state index contributed by atoms with van der Waals surface area (Å²) < 4.78 is 4.45. The minimum absolute atomic E-state index is 0.878. The molecule has 1 aliphatic carbocycles. The van der Waals surface area contributed by atoms with Crippen LogP contribution in [0, 0.1) is 0 Å². The molecule has 0 aromatic rings. The first-order chi connectivity index (χ1) is 11.6. The van der Waals surface area contributed by atoms with Gasteiger partial charge in [-0.15, -0.1) is 0 Å². The number of nitrogens with one attached hydrogen (secondary N) is 3. The van der Waals surface area contributed by atoms with Gasteiger partial charge >= 0.3 is 0 Å². The highest BCUT2D eigenvalue weighted by Crippen LogP contribution is 2.36. The van der Waals surface area contributed by atoms with Crippen LogP contribution in [0.25, 0.3) is 0 Å². The van der Waals surface area contributed by atoms with E-state index in [1.165, 1.54) is 82.6 Å². The van der Waals surface area contributed by atoms with Crippen LogP contribution >= 0.6 is 0 Å². The van der Waals surface area contributed by atoms with Crippen LogP contribution in [0.2, 0.25) is 23.7 Å². The quantitative estimate of drug-likeness (QED) is 0.288. The zero-order chi connectivity index (χ0) is 17.9. The van der Waals surface area contributed by atoms with Gasteiger partial charge in [-0.2, -0.15) is 0 Å². The summed E-state index contributed by atoms with van der Waals surface area (Å²) >= 11 is 0. The molecule has 0 atom stereocenters. The van der Waals surface area contributed by atoms with Crippen LogP contribution in [-0.4, -0.2) is 29.9 Å². The minimum atomic E-state index is -1.82. The van der Waals surface area contributed by atoms with Gasteiger partial charge in [-0.25, -0.2) is 0 Å². The van der Waals surface area contributed by atoms with Gasteiger partial charge in [0, 0.05) is 0 Å². The maximum atomic E-state index is 4.45. The van der Waals surface area contributed by atoms with E-state index in [-0.39, 0.29) is 0 Å². The zero-order valence-corrected chi connectivity index (χ0v) is 19.3. The fourth-order valence-corrected chi connectivity index (χ4v) is 15.9. The maximum absolute atomic E-state index is 4.45. The third-order valence-electron chi connectivity index (χ3n) is 6.33. The molecule has 0 radical (unpaired) electrons. The molecular weight excluding hydrogens is 326 g/mol. The van der Waals surface area contributed by atoms with Crippen molar-refractivity contribution in [3.63, 3.8) is 0 Å². The topological polar surface area (TPSA) is 36.1 Å². The highest BCUT2D eigenvalue weighted by Gasteiger charge is 2.47. The number of rotatable bonds is 14. The van der Waals surface area contributed by atoms with E-state index < -0.39 is 16.8 Å². The van der Waals surface area contributed by atoms with Gasteiger partial charge in [-0.1, -0.05) is 60.3 Å². The largest absolute Gasteiger partial charge is 0.334 e. The van der Waals surface area contributed by atoms with E-state index in [0.717, 1.165) is 5.54 Å². The first kappa shape index (κ1) is 22.4. The monoisotopic (exact) mass is 371 g/mol. The van der Waals surface area contributed by atoms with Gasteiger partial charge in [0.1, 0.15) is 8.24 Å². The van der Waals surface area contributed by atoms with Gasteiger partial charge in [-0.05, 0) is 62.4 Å². The van der Waals surface area contributed by atoms with Gasteiger partial charge in [-0.3, -0.25) is 0 Å². The Hall–Kier alpha value is 0.314. The van der Waals surface area contributed by atoms with Crippen LogP contribution in [0.3, 0.4) is 0 Å². The van der Waals surface area contributed by atoms with E-state index >= 15 is 0 Å². The van der Waals surface area contributed by atoms with Crippen LogP contribution in [0.1, 0.15) is 86.0 Å². The molecule has 0 saturated heterocycles. The molecule has 0 aliphatic heterocycles. The highest BCUT2D eigenvalue weighted by atomic mass is 28.4. The summed E-state index contributed by atoms with van der Waals surface area (Å²) in [4.78, 5) is 8.29. The van der Waals surface area contributed by atoms with E-state index in [4.69, 9.17) is 0 Å². The molecule has 0 spiro atoms. The summed E-state index contributed by atoms with van der Waals surface area (Å²) in [5.74, 6) is 0. The Kier molecular flexibility index (Phi) is 11.0. The van der Waals surface area contributed by atoms with Gasteiger partial charge in [0.05, 0.1) is 0 Å². The third kappa shape index (κ3) is 6.24. The molecule has 1 fully saturated rings. The Balaban J connectivity index is 3.01. The summed E-state index contributed by atoms with van der Waals surface area (Å²) in [5, 5.41) is 0. The predicted octanol–water partition coefficient (Wildman–Crippen LogP) is 5.24. The van der Waals surface area contributed by atoms with Crippen LogP contribution in [-0.2, 0) is 0 Å². The average molecular weight is 372 g/mol. The molecule has 0 heterocycles. The van der Waals surface area contributed by atoms with Crippen LogP contribution in [0.5, 0.6) is 0 Å².